The summed E-state index contributed by atoms with van der Waals surface area (Å²) in [5, 5.41) is 10.6. The summed E-state index contributed by atoms with van der Waals surface area (Å²) in [4.78, 5) is 20.0. The maximum atomic E-state index is 11.6. The number of benzene rings is 2. The van der Waals surface area contributed by atoms with Gasteiger partial charge in [-0.2, -0.15) is 0 Å². The predicted octanol–water partition coefficient (Wildman–Crippen LogP) is 6.27. The second kappa shape index (κ2) is 12.2. The smallest absolute Gasteiger partial charge is 0.323 e. The average Bonchev–Trinajstić information content (AvgIpc) is 3.50. The summed E-state index contributed by atoms with van der Waals surface area (Å²) in [5.74, 6) is 0.0367. The zero-order valence-corrected chi connectivity index (χ0v) is 20.3. The molecule has 0 amide bonds. The number of carboxylic acids is 1. The van der Waals surface area contributed by atoms with E-state index in [9.17, 15) is 9.90 Å². The van der Waals surface area contributed by atoms with Gasteiger partial charge in [-0.15, -0.1) is 0 Å². The van der Waals surface area contributed by atoms with Gasteiger partial charge >= 0.3 is 5.97 Å². The van der Waals surface area contributed by atoms with Gasteiger partial charge in [0.2, 0.25) is 0 Å². The largest absolute Gasteiger partial charge is 0.494 e. The van der Waals surface area contributed by atoms with Crippen molar-refractivity contribution in [1.82, 2.24) is 4.57 Å². The number of nitrogens with zero attached hydrogens (tertiary/aromatic N) is 3. The Morgan fingerprint density at radius 3 is 2.69 bits per heavy atom. The minimum Gasteiger partial charge on any atom is -0.494 e. The van der Waals surface area contributed by atoms with Crippen LogP contribution < -0.4 is 4.74 Å². The molecule has 2 aromatic carbocycles. The molecule has 0 spiro atoms. The Labute approximate surface area is 206 Å². The van der Waals surface area contributed by atoms with E-state index in [2.05, 4.69) is 35.1 Å². The van der Waals surface area contributed by atoms with E-state index in [4.69, 9.17) is 4.74 Å². The van der Waals surface area contributed by atoms with Gasteiger partial charge < -0.3 is 14.4 Å². The Morgan fingerprint density at radius 2 is 1.94 bits per heavy atom. The van der Waals surface area contributed by atoms with Crippen molar-refractivity contribution in [2.75, 3.05) is 13.2 Å². The zero-order chi connectivity index (χ0) is 24.5. The van der Waals surface area contributed by atoms with Gasteiger partial charge in [-0.25, -0.2) is 4.99 Å². The minimum absolute atomic E-state index is 0.0635. The van der Waals surface area contributed by atoms with Gasteiger partial charge in [-0.1, -0.05) is 62.2 Å². The quantitative estimate of drug-likeness (QED) is 0.236. The first-order valence-corrected chi connectivity index (χ1v) is 12.4. The molecule has 0 unspecified atom stereocenters. The Kier molecular flexibility index (Phi) is 8.49. The maximum absolute atomic E-state index is 11.6. The van der Waals surface area contributed by atoms with Crippen molar-refractivity contribution in [1.29, 1.82) is 0 Å². The molecular weight excluding hydrogens is 438 g/mol. The lowest BCUT2D eigenvalue weighted by atomic mass is 10.0. The van der Waals surface area contributed by atoms with Crippen LogP contribution in [0.4, 0.5) is 0 Å². The average molecular weight is 472 g/mol. The second-order valence-electron chi connectivity index (χ2n) is 8.88. The number of rotatable bonds is 13. The summed E-state index contributed by atoms with van der Waals surface area (Å²) in [7, 11) is 0. The molecule has 1 aliphatic rings. The number of carbonyl (C=O) groups is 1. The van der Waals surface area contributed by atoms with E-state index in [1.54, 1.807) is 6.34 Å². The van der Waals surface area contributed by atoms with E-state index in [-0.39, 0.29) is 6.54 Å². The van der Waals surface area contributed by atoms with Crippen LogP contribution in [-0.4, -0.2) is 40.8 Å². The van der Waals surface area contributed by atoms with Gasteiger partial charge in [0, 0.05) is 17.3 Å². The zero-order valence-electron chi connectivity index (χ0n) is 20.3. The van der Waals surface area contributed by atoms with E-state index in [0.717, 1.165) is 65.8 Å². The number of aliphatic carboxylic acids is 1. The number of aliphatic imine (C=N–C) groups is 2. The molecular formula is C29H33N3O3. The molecule has 182 valence electrons. The Hall–Kier alpha value is -3.67. The first kappa shape index (κ1) is 24.5. The van der Waals surface area contributed by atoms with Crippen LogP contribution in [0.25, 0.3) is 23.1 Å². The third-order valence-corrected chi connectivity index (χ3v) is 6.18. The van der Waals surface area contributed by atoms with Gasteiger partial charge in [0.1, 0.15) is 18.6 Å². The number of aryl methyl sites for hydroxylation is 1. The SMILES string of the molecule is CCCCCOc1ccc(/C=C/c2cccc3c(CCCC4=NC=NC4)cn(CC(=O)O)c23)cc1. The van der Waals surface area contributed by atoms with Crippen molar-refractivity contribution in [3.63, 3.8) is 0 Å². The first-order valence-electron chi connectivity index (χ1n) is 12.4. The van der Waals surface area contributed by atoms with Crippen molar-refractivity contribution in [3.05, 3.63) is 65.4 Å². The summed E-state index contributed by atoms with van der Waals surface area (Å²) >= 11 is 0. The first-order chi connectivity index (χ1) is 17.1. The highest BCUT2D eigenvalue weighted by molar-refractivity contribution is 5.96. The predicted molar refractivity (Wildman–Crippen MR) is 144 cm³/mol. The molecule has 0 radical (unpaired) electrons. The van der Waals surface area contributed by atoms with Crippen LogP contribution in [0.5, 0.6) is 5.75 Å². The molecule has 0 saturated heterocycles. The van der Waals surface area contributed by atoms with Crippen LogP contribution >= 0.6 is 0 Å². The third kappa shape index (κ3) is 6.69. The van der Waals surface area contributed by atoms with Crippen molar-refractivity contribution < 1.29 is 14.6 Å². The van der Waals surface area contributed by atoms with Crippen LogP contribution in [0, 0.1) is 0 Å². The molecule has 1 N–H and O–H groups in total. The molecule has 6 nitrogen and oxygen atoms in total. The third-order valence-electron chi connectivity index (χ3n) is 6.18. The number of carboxylic acid groups (broad SMARTS) is 1. The maximum Gasteiger partial charge on any atom is 0.323 e. The van der Waals surface area contributed by atoms with Crippen LogP contribution in [0.3, 0.4) is 0 Å². The molecule has 0 fully saturated rings. The summed E-state index contributed by atoms with van der Waals surface area (Å²) in [6.45, 7) is 3.56. The molecule has 2 heterocycles. The van der Waals surface area contributed by atoms with Gasteiger partial charge in [-0.3, -0.25) is 9.79 Å². The molecule has 4 rings (SSSR count). The van der Waals surface area contributed by atoms with Gasteiger partial charge in [0.05, 0.1) is 18.7 Å². The second-order valence-corrected chi connectivity index (χ2v) is 8.88. The molecule has 0 aliphatic carbocycles. The van der Waals surface area contributed by atoms with Crippen molar-refractivity contribution in [2.45, 2.75) is 52.0 Å². The van der Waals surface area contributed by atoms with Crippen LogP contribution in [0.1, 0.15) is 55.7 Å². The highest BCUT2D eigenvalue weighted by atomic mass is 16.5. The summed E-state index contributed by atoms with van der Waals surface area (Å²) < 4.78 is 7.66. The summed E-state index contributed by atoms with van der Waals surface area (Å²) in [5.41, 5.74) is 5.31. The molecule has 0 saturated carbocycles. The highest BCUT2D eigenvalue weighted by Crippen LogP contribution is 2.28. The minimum atomic E-state index is -0.848. The highest BCUT2D eigenvalue weighted by Gasteiger charge is 2.14. The fourth-order valence-electron chi connectivity index (χ4n) is 4.41. The van der Waals surface area contributed by atoms with Crippen molar-refractivity contribution >= 4 is 41.1 Å². The molecule has 3 aromatic rings. The number of unbranched alkanes of at least 4 members (excludes halogenated alkanes) is 2. The molecule has 1 aromatic heterocycles. The Bertz CT molecular complexity index is 1240. The van der Waals surface area contributed by atoms with E-state index >= 15 is 0 Å². The summed E-state index contributed by atoms with van der Waals surface area (Å²) in [6.07, 6.45) is 13.9. The standard InChI is InChI=1S/C29H33N3O3/c1-2-3-4-17-35-26-15-12-22(13-16-26)11-14-23-7-6-10-27-24(8-5-9-25-18-30-21-31-25)19-32(29(23)27)20-28(33)34/h6-7,10-16,19,21H,2-5,8-9,17-18,20H2,1H3,(H,33,34)/b14-11+. The van der Waals surface area contributed by atoms with Crippen LogP contribution in [-0.2, 0) is 17.8 Å². The number of hydrogen-bond donors (Lipinski definition) is 1. The lowest BCUT2D eigenvalue weighted by Crippen LogP contribution is -2.07. The van der Waals surface area contributed by atoms with Gasteiger partial charge in [0.15, 0.2) is 0 Å². The monoisotopic (exact) mass is 471 g/mol. The normalized spacial score (nSPS) is 13.1. The lowest BCUT2D eigenvalue weighted by Gasteiger charge is -2.06. The number of fused-ring (bicyclic) bond motifs is 1. The fraction of sp³-hybridized carbons (Fsp3) is 0.345. The van der Waals surface area contributed by atoms with E-state index in [1.165, 1.54) is 18.4 Å². The number of ether oxygens (including phenoxy) is 1. The van der Waals surface area contributed by atoms with Crippen molar-refractivity contribution in [2.24, 2.45) is 9.98 Å². The molecule has 6 heteroatoms. The Morgan fingerprint density at radius 1 is 1.09 bits per heavy atom. The number of para-hydroxylation sites is 1. The van der Waals surface area contributed by atoms with Crippen LogP contribution in [0.2, 0.25) is 0 Å². The molecule has 0 atom stereocenters. The van der Waals surface area contributed by atoms with E-state index < -0.39 is 5.97 Å². The van der Waals surface area contributed by atoms with Crippen molar-refractivity contribution in [3.8, 4) is 5.75 Å². The molecule has 1 aliphatic heterocycles. The number of aromatic nitrogens is 1. The fourth-order valence-corrected chi connectivity index (χ4v) is 4.41. The van der Waals surface area contributed by atoms with E-state index in [1.807, 2.05) is 47.2 Å². The molecule has 35 heavy (non-hydrogen) atoms. The summed E-state index contributed by atoms with van der Waals surface area (Å²) in [6, 6.07) is 14.2. The topological polar surface area (TPSA) is 76.2 Å². The lowest BCUT2D eigenvalue weighted by molar-refractivity contribution is -0.137. The molecule has 0 bridgehead atoms. The number of hydrogen-bond acceptors (Lipinski definition) is 4. The van der Waals surface area contributed by atoms with Gasteiger partial charge in [-0.05, 0) is 54.5 Å². The van der Waals surface area contributed by atoms with Crippen LogP contribution in [0.15, 0.2) is 58.6 Å². The van der Waals surface area contributed by atoms with Gasteiger partial charge in [0.25, 0.3) is 0 Å². The van der Waals surface area contributed by atoms with E-state index in [0.29, 0.717) is 6.54 Å². The Balaban J connectivity index is 1.51.